The zero-order valence-corrected chi connectivity index (χ0v) is 17.4. The van der Waals surface area contributed by atoms with Crippen molar-refractivity contribution < 1.29 is 28.2 Å². The summed E-state index contributed by atoms with van der Waals surface area (Å²) in [6.45, 7) is 1.73. The lowest BCUT2D eigenvalue weighted by atomic mass is 9.78. The van der Waals surface area contributed by atoms with Gasteiger partial charge in [-0.25, -0.2) is 9.29 Å². The number of halogens is 1. The Balaban J connectivity index is 1.87. The SMILES string of the molecule is CC[C@]1(C(=O)OC)N[C@H](c2ccccc2F)[C@H]2C(=O)N(c3cccc(OC)c3)C(=O)[C@@H]21. The van der Waals surface area contributed by atoms with Crippen LogP contribution in [-0.2, 0) is 19.1 Å². The third-order valence-corrected chi connectivity index (χ3v) is 6.31. The van der Waals surface area contributed by atoms with Gasteiger partial charge in [-0.2, -0.15) is 0 Å². The van der Waals surface area contributed by atoms with E-state index >= 15 is 0 Å². The molecule has 0 aliphatic carbocycles. The second kappa shape index (κ2) is 7.77. The molecular formula is C23H23FN2O5. The number of carbonyl (C=O) groups is 3. The van der Waals surface area contributed by atoms with Crippen molar-refractivity contribution in [2.24, 2.45) is 11.8 Å². The number of esters is 1. The Kier molecular flexibility index (Phi) is 5.26. The van der Waals surface area contributed by atoms with E-state index in [4.69, 9.17) is 9.47 Å². The van der Waals surface area contributed by atoms with E-state index in [1.54, 1.807) is 49.4 Å². The monoisotopic (exact) mass is 426 g/mol. The zero-order valence-electron chi connectivity index (χ0n) is 17.4. The Morgan fingerprint density at radius 3 is 2.52 bits per heavy atom. The second-order valence-corrected chi connectivity index (χ2v) is 7.68. The molecule has 1 N–H and O–H groups in total. The highest BCUT2D eigenvalue weighted by Crippen LogP contribution is 2.51. The maximum atomic E-state index is 14.7. The van der Waals surface area contributed by atoms with E-state index in [-0.39, 0.29) is 12.0 Å². The fourth-order valence-corrected chi connectivity index (χ4v) is 4.84. The van der Waals surface area contributed by atoms with Crippen molar-refractivity contribution >= 4 is 23.5 Å². The number of imide groups is 1. The van der Waals surface area contributed by atoms with Gasteiger partial charge in [-0.3, -0.25) is 19.7 Å². The number of carbonyl (C=O) groups excluding carboxylic acids is 3. The van der Waals surface area contributed by atoms with Crippen LogP contribution in [0.25, 0.3) is 0 Å². The number of benzene rings is 2. The van der Waals surface area contributed by atoms with Crippen LogP contribution >= 0.6 is 0 Å². The highest BCUT2D eigenvalue weighted by Gasteiger charge is 2.68. The van der Waals surface area contributed by atoms with Gasteiger partial charge in [0.15, 0.2) is 0 Å². The number of nitrogens with zero attached hydrogens (tertiary/aromatic N) is 1. The first-order valence-corrected chi connectivity index (χ1v) is 10.0. The lowest BCUT2D eigenvalue weighted by Gasteiger charge is -2.31. The van der Waals surface area contributed by atoms with Crippen molar-refractivity contribution in [3.05, 3.63) is 59.9 Å². The number of anilines is 1. The van der Waals surface area contributed by atoms with Gasteiger partial charge < -0.3 is 9.47 Å². The number of nitrogens with one attached hydrogen (secondary N) is 1. The highest BCUT2D eigenvalue weighted by molar-refractivity contribution is 6.24. The molecule has 0 saturated carbocycles. The molecule has 162 valence electrons. The van der Waals surface area contributed by atoms with E-state index in [0.717, 1.165) is 4.90 Å². The molecule has 31 heavy (non-hydrogen) atoms. The topological polar surface area (TPSA) is 84.9 Å². The summed E-state index contributed by atoms with van der Waals surface area (Å²) >= 11 is 0. The normalized spacial score (nSPS) is 27.4. The molecule has 2 aromatic rings. The van der Waals surface area contributed by atoms with Crippen LogP contribution in [-0.4, -0.2) is 37.5 Å². The van der Waals surface area contributed by atoms with Gasteiger partial charge in [0, 0.05) is 17.7 Å². The Morgan fingerprint density at radius 2 is 1.87 bits per heavy atom. The van der Waals surface area contributed by atoms with Crippen LogP contribution in [0.3, 0.4) is 0 Å². The predicted molar refractivity (Wildman–Crippen MR) is 110 cm³/mol. The van der Waals surface area contributed by atoms with Crippen molar-refractivity contribution in [3.63, 3.8) is 0 Å². The molecule has 0 unspecified atom stereocenters. The minimum absolute atomic E-state index is 0.191. The molecule has 2 aliphatic rings. The van der Waals surface area contributed by atoms with Gasteiger partial charge >= 0.3 is 5.97 Å². The maximum absolute atomic E-state index is 14.7. The fourth-order valence-electron chi connectivity index (χ4n) is 4.84. The maximum Gasteiger partial charge on any atom is 0.326 e. The lowest BCUT2D eigenvalue weighted by Crippen LogP contribution is -2.56. The first kappa shape index (κ1) is 21.0. The zero-order chi connectivity index (χ0) is 22.3. The summed E-state index contributed by atoms with van der Waals surface area (Å²) in [5.41, 5.74) is -0.886. The van der Waals surface area contributed by atoms with Crippen LogP contribution < -0.4 is 15.0 Å². The second-order valence-electron chi connectivity index (χ2n) is 7.68. The summed E-state index contributed by atoms with van der Waals surface area (Å²) in [6, 6.07) is 11.7. The number of hydrogen-bond acceptors (Lipinski definition) is 6. The van der Waals surface area contributed by atoms with Gasteiger partial charge in [-0.15, -0.1) is 0 Å². The molecule has 2 heterocycles. The molecule has 2 fully saturated rings. The van der Waals surface area contributed by atoms with E-state index in [1.807, 2.05) is 0 Å². The molecule has 2 amide bonds. The number of rotatable bonds is 5. The minimum Gasteiger partial charge on any atom is -0.497 e. The molecule has 0 radical (unpaired) electrons. The van der Waals surface area contributed by atoms with Crippen LogP contribution in [0.2, 0.25) is 0 Å². The van der Waals surface area contributed by atoms with Crippen molar-refractivity contribution in [1.82, 2.24) is 5.32 Å². The van der Waals surface area contributed by atoms with Crippen LogP contribution in [0.5, 0.6) is 5.75 Å². The molecule has 0 aromatic heterocycles. The molecular weight excluding hydrogens is 403 g/mol. The number of amides is 2. The quantitative estimate of drug-likeness (QED) is 0.585. The average molecular weight is 426 g/mol. The standard InChI is InChI=1S/C23H23FN2O5/c1-4-23(22(29)31-3)18-17(19(25-23)15-10-5-6-11-16(15)24)20(27)26(21(18)28)13-8-7-9-14(12-13)30-2/h5-12,17-19,25H,4H2,1-3H3/t17-,18+,19+,23-/m0/s1. The van der Waals surface area contributed by atoms with E-state index in [2.05, 4.69) is 5.32 Å². The van der Waals surface area contributed by atoms with E-state index in [0.29, 0.717) is 11.4 Å². The molecule has 4 atom stereocenters. The van der Waals surface area contributed by atoms with Gasteiger partial charge in [0.05, 0.1) is 31.7 Å². The van der Waals surface area contributed by atoms with Gasteiger partial charge in [-0.1, -0.05) is 31.2 Å². The van der Waals surface area contributed by atoms with E-state index in [9.17, 15) is 18.8 Å². The molecule has 8 heteroatoms. The first-order chi connectivity index (χ1) is 14.9. The van der Waals surface area contributed by atoms with Gasteiger partial charge in [-0.05, 0) is 24.6 Å². The van der Waals surface area contributed by atoms with Gasteiger partial charge in [0.25, 0.3) is 0 Å². The first-order valence-electron chi connectivity index (χ1n) is 10.0. The summed E-state index contributed by atoms with van der Waals surface area (Å²) < 4.78 is 24.9. The number of ether oxygens (including phenoxy) is 2. The molecule has 2 saturated heterocycles. The third kappa shape index (κ3) is 3.01. The van der Waals surface area contributed by atoms with Crippen molar-refractivity contribution in [2.75, 3.05) is 19.1 Å². The fraction of sp³-hybridized carbons (Fsp3) is 0.348. The summed E-state index contributed by atoms with van der Waals surface area (Å²) in [5, 5.41) is 3.11. The molecule has 7 nitrogen and oxygen atoms in total. The van der Waals surface area contributed by atoms with Crippen LogP contribution in [0.4, 0.5) is 10.1 Å². The van der Waals surface area contributed by atoms with Gasteiger partial charge in [0.2, 0.25) is 11.8 Å². The Bertz CT molecular complexity index is 1060. The molecule has 2 aliphatic heterocycles. The Hall–Kier alpha value is -3.26. The molecule has 0 bridgehead atoms. The minimum atomic E-state index is -1.45. The molecule has 2 aromatic carbocycles. The molecule has 0 spiro atoms. The van der Waals surface area contributed by atoms with Crippen LogP contribution in [0.15, 0.2) is 48.5 Å². The van der Waals surface area contributed by atoms with E-state index in [1.165, 1.54) is 20.3 Å². The Morgan fingerprint density at radius 1 is 1.13 bits per heavy atom. The largest absolute Gasteiger partial charge is 0.497 e. The summed E-state index contributed by atoms with van der Waals surface area (Å²) in [4.78, 5) is 41.1. The Labute approximate surface area is 179 Å². The predicted octanol–water partition coefficient (Wildman–Crippen LogP) is 2.61. The number of hydrogen-bond donors (Lipinski definition) is 1. The smallest absolute Gasteiger partial charge is 0.326 e. The summed E-state index contributed by atoms with van der Waals surface area (Å²) in [7, 11) is 2.72. The lowest BCUT2D eigenvalue weighted by molar-refractivity contribution is -0.152. The third-order valence-electron chi connectivity index (χ3n) is 6.31. The highest BCUT2D eigenvalue weighted by atomic mass is 19.1. The summed E-state index contributed by atoms with van der Waals surface area (Å²) in [5.74, 6) is -3.71. The van der Waals surface area contributed by atoms with Crippen LogP contribution in [0, 0.1) is 17.7 Å². The number of methoxy groups -OCH3 is 2. The summed E-state index contributed by atoms with van der Waals surface area (Å²) in [6.07, 6.45) is 0.191. The van der Waals surface area contributed by atoms with Crippen molar-refractivity contribution in [3.8, 4) is 5.75 Å². The van der Waals surface area contributed by atoms with Crippen LogP contribution in [0.1, 0.15) is 24.9 Å². The molecule has 4 rings (SSSR count). The van der Waals surface area contributed by atoms with E-state index < -0.39 is 47.0 Å². The van der Waals surface area contributed by atoms with Crippen molar-refractivity contribution in [1.29, 1.82) is 0 Å². The van der Waals surface area contributed by atoms with Gasteiger partial charge in [0.1, 0.15) is 17.1 Å². The number of fused-ring (bicyclic) bond motifs is 1. The average Bonchev–Trinajstić information content (AvgIpc) is 3.27. The van der Waals surface area contributed by atoms with Crippen molar-refractivity contribution in [2.45, 2.75) is 24.9 Å².